The molecule has 5 rings (SSSR count). The van der Waals surface area contributed by atoms with Crippen molar-refractivity contribution < 1.29 is 4.79 Å². The number of hydrogen-bond donors (Lipinski definition) is 3. The molecule has 7 nitrogen and oxygen atoms in total. The lowest BCUT2D eigenvalue weighted by molar-refractivity contribution is 0.102. The molecule has 1 amide bonds. The van der Waals surface area contributed by atoms with Crippen LogP contribution in [0.25, 0.3) is 10.8 Å². The van der Waals surface area contributed by atoms with Gasteiger partial charge in [0.2, 0.25) is 5.95 Å². The predicted octanol–water partition coefficient (Wildman–Crippen LogP) is 3.77. The fourth-order valence-electron chi connectivity index (χ4n) is 3.84. The third kappa shape index (κ3) is 3.51. The van der Waals surface area contributed by atoms with Crippen LogP contribution in [0.4, 0.5) is 11.8 Å². The lowest BCUT2D eigenvalue weighted by Gasteiger charge is -2.13. The molecule has 0 unspecified atom stereocenters. The minimum Gasteiger partial charge on any atom is -0.366 e. The van der Waals surface area contributed by atoms with Crippen molar-refractivity contribution in [2.75, 3.05) is 17.7 Å². The quantitative estimate of drug-likeness (QED) is 0.476. The SMILES string of the molecule is CN1Cc2nc(NC(=O)c3cccc4c[nH]cc34)nc(NCc3ccccc3)c2C1. The molecule has 1 aliphatic heterocycles. The van der Waals surface area contributed by atoms with Gasteiger partial charge in [0.15, 0.2) is 0 Å². The van der Waals surface area contributed by atoms with Gasteiger partial charge in [-0.05, 0) is 24.1 Å². The third-order valence-electron chi connectivity index (χ3n) is 5.32. The van der Waals surface area contributed by atoms with Crippen LogP contribution in [0.1, 0.15) is 27.2 Å². The molecule has 2 aromatic carbocycles. The van der Waals surface area contributed by atoms with Crippen molar-refractivity contribution in [3.8, 4) is 0 Å². The number of amides is 1. The van der Waals surface area contributed by atoms with Crippen LogP contribution in [0.2, 0.25) is 0 Å². The van der Waals surface area contributed by atoms with E-state index < -0.39 is 0 Å². The van der Waals surface area contributed by atoms with Gasteiger partial charge in [-0.3, -0.25) is 15.0 Å². The average molecular weight is 398 g/mol. The number of benzene rings is 2. The normalized spacial score (nSPS) is 13.4. The standard InChI is InChI=1S/C23H22N6O/c1-29-13-19-20(14-29)26-23(27-21(19)25-10-15-6-3-2-4-7-15)28-22(30)17-9-5-8-16-11-24-12-18(16)17/h2-9,11-12,24H,10,13-14H2,1H3,(H2,25,26,27,28,30). The summed E-state index contributed by atoms with van der Waals surface area (Å²) in [6, 6.07) is 15.8. The summed E-state index contributed by atoms with van der Waals surface area (Å²) >= 11 is 0. The molecule has 3 heterocycles. The maximum Gasteiger partial charge on any atom is 0.258 e. The van der Waals surface area contributed by atoms with Crippen molar-refractivity contribution in [2.45, 2.75) is 19.6 Å². The van der Waals surface area contributed by atoms with E-state index in [1.165, 1.54) is 5.56 Å². The van der Waals surface area contributed by atoms with Gasteiger partial charge in [-0.15, -0.1) is 0 Å². The number of aromatic nitrogens is 3. The largest absolute Gasteiger partial charge is 0.366 e. The van der Waals surface area contributed by atoms with Crippen LogP contribution in [0.15, 0.2) is 60.9 Å². The summed E-state index contributed by atoms with van der Waals surface area (Å²) in [7, 11) is 2.05. The molecular weight excluding hydrogens is 376 g/mol. The summed E-state index contributed by atoms with van der Waals surface area (Å²) in [6.45, 7) is 2.17. The zero-order valence-corrected chi connectivity index (χ0v) is 16.6. The van der Waals surface area contributed by atoms with E-state index in [9.17, 15) is 4.79 Å². The Bertz CT molecular complexity index is 1220. The zero-order chi connectivity index (χ0) is 20.5. The van der Waals surface area contributed by atoms with Crippen LogP contribution in [-0.4, -0.2) is 32.8 Å². The Morgan fingerprint density at radius 3 is 2.80 bits per heavy atom. The molecule has 0 atom stereocenters. The number of carbonyl (C=O) groups is 1. The molecule has 0 aliphatic carbocycles. The molecule has 150 valence electrons. The lowest BCUT2D eigenvalue weighted by Crippen LogP contribution is -2.16. The van der Waals surface area contributed by atoms with Crippen molar-refractivity contribution in [3.63, 3.8) is 0 Å². The molecular formula is C23H22N6O. The Morgan fingerprint density at radius 2 is 1.93 bits per heavy atom. The Balaban J connectivity index is 1.43. The maximum absolute atomic E-state index is 12.9. The predicted molar refractivity (Wildman–Crippen MR) is 117 cm³/mol. The van der Waals surface area contributed by atoms with Gasteiger partial charge in [0.05, 0.1) is 5.69 Å². The highest BCUT2D eigenvalue weighted by atomic mass is 16.1. The number of nitrogens with one attached hydrogen (secondary N) is 3. The molecule has 3 N–H and O–H groups in total. The van der Waals surface area contributed by atoms with Gasteiger partial charge in [0.25, 0.3) is 5.91 Å². The van der Waals surface area contributed by atoms with Crippen molar-refractivity contribution in [1.29, 1.82) is 0 Å². The number of hydrogen-bond acceptors (Lipinski definition) is 5. The summed E-state index contributed by atoms with van der Waals surface area (Å²) in [5, 5.41) is 8.18. The van der Waals surface area contributed by atoms with E-state index in [0.717, 1.165) is 40.9 Å². The summed E-state index contributed by atoms with van der Waals surface area (Å²) in [6.07, 6.45) is 3.70. The minimum atomic E-state index is -0.222. The second kappa shape index (κ2) is 7.61. The van der Waals surface area contributed by atoms with Gasteiger partial charge in [-0.2, -0.15) is 4.98 Å². The highest BCUT2D eigenvalue weighted by molar-refractivity contribution is 6.12. The van der Waals surface area contributed by atoms with Gasteiger partial charge in [-0.1, -0.05) is 42.5 Å². The van der Waals surface area contributed by atoms with Gasteiger partial charge in [-0.25, -0.2) is 4.98 Å². The highest BCUT2D eigenvalue weighted by Crippen LogP contribution is 2.28. The first-order valence-electron chi connectivity index (χ1n) is 9.90. The third-order valence-corrected chi connectivity index (χ3v) is 5.32. The maximum atomic E-state index is 12.9. The van der Waals surface area contributed by atoms with Crippen LogP contribution in [0, 0.1) is 0 Å². The van der Waals surface area contributed by atoms with Crippen molar-refractivity contribution >= 4 is 28.4 Å². The van der Waals surface area contributed by atoms with Crippen LogP contribution < -0.4 is 10.6 Å². The van der Waals surface area contributed by atoms with Crippen LogP contribution >= 0.6 is 0 Å². The Labute approximate surface area is 174 Å². The molecule has 0 spiro atoms. The first-order valence-corrected chi connectivity index (χ1v) is 9.90. The number of nitrogens with zero attached hydrogens (tertiary/aromatic N) is 3. The van der Waals surface area contributed by atoms with E-state index in [1.54, 1.807) is 6.07 Å². The Kier molecular flexibility index (Phi) is 4.65. The topological polar surface area (TPSA) is 85.9 Å². The van der Waals surface area contributed by atoms with E-state index in [0.29, 0.717) is 18.1 Å². The molecule has 7 heteroatoms. The average Bonchev–Trinajstić information content (AvgIpc) is 3.38. The van der Waals surface area contributed by atoms with E-state index in [4.69, 9.17) is 0 Å². The zero-order valence-electron chi connectivity index (χ0n) is 16.6. The fraction of sp³-hybridized carbons (Fsp3) is 0.174. The van der Waals surface area contributed by atoms with Crippen molar-refractivity contribution in [2.24, 2.45) is 0 Å². The van der Waals surface area contributed by atoms with Crippen LogP contribution in [0.5, 0.6) is 0 Å². The van der Waals surface area contributed by atoms with E-state index in [-0.39, 0.29) is 5.91 Å². The molecule has 0 bridgehead atoms. The smallest absolute Gasteiger partial charge is 0.258 e. The second-order valence-corrected chi connectivity index (χ2v) is 7.55. The Morgan fingerprint density at radius 1 is 1.07 bits per heavy atom. The van der Waals surface area contributed by atoms with E-state index in [2.05, 4.69) is 42.6 Å². The van der Waals surface area contributed by atoms with Gasteiger partial charge in [0, 0.05) is 48.5 Å². The number of H-pyrrole nitrogens is 1. The molecule has 4 aromatic rings. The number of rotatable bonds is 5. The molecule has 1 aliphatic rings. The molecule has 0 saturated heterocycles. The van der Waals surface area contributed by atoms with Crippen LogP contribution in [0.3, 0.4) is 0 Å². The summed E-state index contributed by atoms with van der Waals surface area (Å²) in [4.78, 5) is 27.4. The first kappa shape index (κ1) is 18.3. The number of anilines is 2. The van der Waals surface area contributed by atoms with Crippen molar-refractivity contribution in [3.05, 3.63) is 83.3 Å². The number of fused-ring (bicyclic) bond motifs is 2. The van der Waals surface area contributed by atoms with E-state index in [1.807, 2.05) is 49.8 Å². The summed E-state index contributed by atoms with van der Waals surface area (Å²) in [5.74, 6) is 0.862. The first-order chi connectivity index (χ1) is 14.7. The molecule has 2 aromatic heterocycles. The lowest BCUT2D eigenvalue weighted by atomic mass is 10.1. The molecule has 0 fully saturated rings. The Hall–Kier alpha value is -3.71. The fourth-order valence-corrected chi connectivity index (χ4v) is 3.84. The van der Waals surface area contributed by atoms with Gasteiger partial charge >= 0.3 is 0 Å². The minimum absolute atomic E-state index is 0.222. The summed E-state index contributed by atoms with van der Waals surface area (Å²) in [5.41, 5.74) is 3.78. The van der Waals surface area contributed by atoms with Crippen LogP contribution in [-0.2, 0) is 19.6 Å². The van der Waals surface area contributed by atoms with Crippen molar-refractivity contribution in [1.82, 2.24) is 19.9 Å². The second-order valence-electron chi connectivity index (χ2n) is 7.55. The van der Waals surface area contributed by atoms with Gasteiger partial charge < -0.3 is 10.3 Å². The van der Waals surface area contributed by atoms with Gasteiger partial charge in [0.1, 0.15) is 5.82 Å². The molecule has 0 saturated carbocycles. The monoisotopic (exact) mass is 398 g/mol. The molecule has 30 heavy (non-hydrogen) atoms. The van der Waals surface area contributed by atoms with E-state index >= 15 is 0 Å². The number of carbonyl (C=O) groups excluding carboxylic acids is 1. The number of aromatic amines is 1. The highest BCUT2D eigenvalue weighted by Gasteiger charge is 2.24. The molecule has 0 radical (unpaired) electrons. The summed E-state index contributed by atoms with van der Waals surface area (Å²) < 4.78 is 0.